The van der Waals surface area contributed by atoms with Crippen LogP contribution in [-0.2, 0) is 16.6 Å². The van der Waals surface area contributed by atoms with Gasteiger partial charge in [-0.3, -0.25) is 9.59 Å². The van der Waals surface area contributed by atoms with Crippen molar-refractivity contribution in [3.63, 3.8) is 0 Å². The number of alkyl halides is 4. The molecule has 1 atom stereocenters. The number of amides is 2. The van der Waals surface area contributed by atoms with Gasteiger partial charge in [0.05, 0.1) is 11.3 Å². The molecule has 1 unspecified atom stereocenters. The molecule has 202 valence electrons. The maximum atomic E-state index is 16.9. The van der Waals surface area contributed by atoms with Crippen LogP contribution in [0.1, 0.15) is 53.7 Å². The number of rotatable bonds is 7. The zero-order chi connectivity index (χ0) is 26.6. The molecule has 2 aromatic rings. The van der Waals surface area contributed by atoms with Gasteiger partial charge in [-0.2, -0.15) is 13.2 Å². The lowest BCUT2D eigenvalue weighted by atomic mass is 9.79. The van der Waals surface area contributed by atoms with Gasteiger partial charge in [-0.25, -0.2) is 4.39 Å². The highest BCUT2D eigenvalue weighted by Gasteiger charge is 2.59. The molecule has 37 heavy (non-hydrogen) atoms. The molecular formula is C25H26Cl3F4N3O2. The van der Waals surface area contributed by atoms with Gasteiger partial charge in [-0.15, -0.1) is 12.4 Å². The molecule has 5 nitrogen and oxygen atoms in total. The smallest absolute Gasteiger partial charge is 0.366 e. The fourth-order valence-corrected chi connectivity index (χ4v) is 5.85. The molecule has 2 amide bonds. The molecule has 1 aliphatic carbocycles. The minimum atomic E-state index is -5.08. The quantitative estimate of drug-likeness (QED) is 0.395. The Balaban J connectivity index is 0.00000380. The summed E-state index contributed by atoms with van der Waals surface area (Å²) in [6.45, 7) is 5.76. The fraction of sp³-hybridized carbons (Fsp3) is 0.440. The normalized spacial score (nSPS) is 23.1. The van der Waals surface area contributed by atoms with Crippen molar-refractivity contribution >= 4 is 53.1 Å². The molecule has 2 N–H and O–H groups in total. The van der Waals surface area contributed by atoms with E-state index >= 15 is 4.39 Å². The molecule has 1 aliphatic heterocycles. The number of benzene rings is 2. The molecule has 0 spiro atoms. The van der Waals surface area contributed by atoms with Gasteiger partial charge < -0.3 is 15.5 Å². The van der Waals surface area contributed by atoms with Crippen LogP contribution in [0.5, 0.6) is 0 Å². The minimum absolute atomic E-state index is 0. The van der Waals surface area contributed by atoms with Gasteiger partial charge in [0.25, 0.3) is 5.91 Å². The van der Waals surface area contributed by atoms with E-state index in [9.17, 15) is 22.8 Å². The number of fused-ring (bicyclic) bond motifs is 1. The predicted molar refractivity (Wildman–Crippen MR) is 137 cm³/mol. The summed E-state index contributed by atoms with van der Waals surface area (Å²) in [5.41, 5.74) is -1.54. The highest BCUT2D eigenvalue weighted by atomic mass is 35.5. The number of hydrogen-bond acceptors (Lipinski definition) is 3. The number of hydrogen-bond donors (Lipinski definition) is 1. The Morgan fingerprint density at radius 2 is 1.78 bits per heavy atom. The van der Waals surface area contributed by atoms with Crippen molar-refractivity contribution in [1.82, 2.24) is 4.90 Å². The van der Waals surface area contributed by atoms with E-state index in [0.717, 1.165) is 30.1 Å². The molecule has 1 heterocycles. The Kier molecular flexibility index (Phi) is 8.44. The van der Waals surface area contributed by atoms with Crippen LogP contribution in [0.3, 0.4) is 0 Å². The third kappa shape index (κ3) is 5.03. The number of halogens is 7. The van der Waals surface area contributed by atoms with Gasteiger partial charge in [0.2, 0.25) is 11.6 Å². The summed E-state index contributed by atoms with van der Waals surface area (Å²) in [5.74, 6) is -2.37. The average molecular weight is 583 g/mol. The summed E-state index contributed by atoms with van der Waals surface area (Å²) < 4.78 is 59.6. The summed E-state index contributed by atoms with van der Waals surface area (Å²) in [7, 11) is 0. The standard InChI is InChI=1S/C25H25Cl2F4N3O2.ClH/c1-3-33(4-2)16-7-13(8-16)12-34-20-10-14(22(32)35)9-18(25(29,30)31)21(20)24(28,23(34)36)17-6-5-15(26)11-19(17)27;/h5-6,9-11,13,16H,3-4,7-8,12H2,1-2H3,(H2,32,35);1H. The largest absolute Gasteiger partial charge is 0.416 e. The van der Waals surface area contributed by atoms with E-state index < -0.39 is 45.9 Å². The molecule has 1 saturated carbocycles. The van der Waals surface area contributed by atoms with Gasteiger partial charge in [-0.05, 0) is 56.1 Å². The topological polar surface area (TPSA) is 66.6 Å². The molecule has 4 rings (SSSR count). The van der Waals surface area contributed by atoms with Crippen LogP contribution < -0.4 is 10.6 Å². The monoisotopic (exact) mass is 581 g/mol. The second-order valence-corrected chi connectivity index (χ2v) is 10.0. The Bertz CT molecular complexity index is 1220. The summed E-state index contributed by atoms with van der Waals surface area (Å²) >= 11 is 12.1. The van der Waals surface area contributed by atoms with Crippen molar-refractivity contribution in [3.05, 3.63) is 62.6 Å². The third-order valence-electron chi connectivity index (χ3n) is 7.17. The zero-order valence-corrected chi connectivity index (χ0v) is 22.4. The predicted octanol–water partition coefficient (Wildman–Crippen LogP) is 6.21. The van der Waals surface area contributed by atoms with E-state index in [0.29, 0.717) is 18.9 Å². The van der Waals surface area contributed by atoms with E-state index in [2.05, 4.69) is 4.90 Å². The first kappa shape index (κ1) is 29.5. The van der Waals surface area contributed by atoms with Crippen LogP contribution in [0.2, 0.25) is 10.0 Å². The Hall–Kier alpha value is -2.07. The van der Waals surface area contributed by atoms with Gasteiger partial charge in [0, 0.05) is 39.3 Å². The molecule has 2 aliphatic rings. The van der Waals surface area contributed by atoms with Crippen LogP contribution >= 0.6 is 35.6 Å². The molecule has 0 aromatic heterocycles. The highest BCUT2D eigenvalue weighted by Crippen LogP contribution is 2.54. The summed E-state index contributed by atoms with van der Waals surface area (Å²) in [4.78, 5) is 28.8. The first-order chi connectivity index (χ1) is 16.8. The SMILES string of the molecule is CCN(CC)C1CC(CN2C(=O)C(F)(c3ccc(Cl)cc3Cl)c3c2cc(C(N)=O)cc3C(F)(F)F)C1.Cl. The number of carbonyl (C=O) groups excluding carboxylic acids is 2. The Morgan fingerprint density at radius 1 is 1.16 bits per heavy atom. The summed E-state index contributed by atoms with van der Waals surface area (Å²) in [6, 6.07) is 5.35. The van der Waals surface area contributed by atoms with Crippen molar-refractivity contribution < 1.29 is 27.2 Å². The first-order valence-corrected chi connectivity index (χ1v) is 12.3. The minimum Gasteiger partial charge on any atom is -0.366 e. The lowest BCUT2D eigenvalue weighted by molar-refractivity contribution is -0.140. The van der Waals surface area contributed by atoms with Gasteiger partial charge in [0.1, 0.15) is 0 Å². The van der Waals surface area contributed by atoms with Crippen molar-refractivity contribution in [1.29, 1.82) is 0 Å². The number of nitrogens with two attached hydrogens (primary N) is 1. The maximum Gasteiger partial charge on any atom is 0.416 e. The molecular weight excluding hydrogens is 557 g/mol. The van der Waals surface area contributed by atoms with Crippen molar-refractivity contribution in [2.75, 3.05) is 24.5 Å². The first-order valence-electron chi connectivity index (χ1n) is 11.6. The third-order valence-corrected chi connectivity index (χ3v) is 7.71. The van der Waals surface area contributed by atoms with Crippen LogP contribution in [0, 0.1) is 5.92 Å². The van der Waals surface area contributed by atoms with Crippen LogP contribution in [0.15, 0.2) is 30.3 Å². The number of carbonyl (C=O) groups is 2. The number of anilines is 1. The molecule has 1 fully saturated rings. The van der Waals surface area contributed by atoms with Gasteiger partial charge in [-0.1, -0.05) is 43.1 Å². The highest BCUT2D eigenvalue weighted by molar-refractivity contribution is 6.35. The molecule has 2 aromatic carbocycles. The molecule has 0 bridgehead atoms. The van der Waals surface area contributed by atoms with Crippen molar-refractivity contribution in [2.24, 2.45) is 11.7 Å². The zero-order valence-electron chi connectivity index (χ0n) is 20.0. The van der Waals surface area contributed by atoms with E-state index in [1.807, 2.05) is 13.8 Å². The van der Waals surface area contributed by atoms with Crippen LogP contribution in [-0.4, -0.2) is 42.4 Å². The molecule has 0 saturated heterocycles. The molecule has 12 heteroatoms. The van der Waals surface area contributed by atoms with E-state index in [-0.39, 0.29) is 46.6 Å². The van der Waals surface area contributed by atoms with Gasteiger partial charge in [0.15, 0.2) is 0 Å². The summed E-state index contributed by atoms with van der Waals surface area (Å²) in [6.07, 6.45) is -3.65. The lowest BCUT2D eigenvalue weighted by Gasteiger charge is -2.43. The van der Waals surface area contributed by atoms with Crippen molar-refractivity contribution in [2.45, 2.75) is 44.6 Å². The van der Waals surface area contributed by atoms with E-state index in [1.54, 1.807) is 0 Å². The second-order valence-electron chi connectivity index (χ2n) is 9.19. The number of primary amides is 1. The van der Waals surface area contributed by atoms with E-state index in [1.165, 1.54) is 12.1 Å². The average Bonchev–Trinajstić information content (AvgIpc) is 2.98. The second kappa shape index (κ2) is 10.6. The fourth-order valence-electron chi connectivity index (χ4n) is 5.32. The maximum absolute atomic E-state index is 16.9. The number of nitrogens with zero attached hydrogens (tertiary/aromatic N) is 2. The summed E-state index contributed by atoms with van der Waals surface area (Å²) in [5, 5.41) is -0.157. The Labute approximate surface area is 228 Å². The lowest BCUT2D eigenvalue weighted by Crippen LogP contribution is -2.49. The molecule has 0 radical (unpaired) electrons. The van der Waals surface area contributed by atoms with Crippen LogP contribution in [0.25, 0.3) is 0 Å². The van der Waals surface area contributed by atoms with Crippen LogP contribution in [0.4, 0.5) is 23.2 Å². The Morgan fingerprint density at radius 3 is 2.30 bits per heavy atom. The van der Waals surface area contributed by atoms with Gasteiger partial charge >= 0.3 is 6.18 Å². The van der Waals surface area contributed by atoms with Crippen molar-refractivity contribution in [3.8, 4) is 0 Å². The van der Waals surface area contributed by atoms with E-state index in [4.69, 9.17) is 28.9 Å².